The van der Waals surface area contributed by atoms with Crippen LogP contribution in [-0.4, -0.2) is 35.4 Å². The summed E-state index contributed by atoms with van der Waals surface area (Å²) in [6.07, 6.45) is 2.52. The van der Waals surface area contributed by atoms with Crippen LogP contribution >= 0.6 is 0 Å². The second kappa shape index (κ2) is 9.32. The molecule has 132 valence electrons. The normalized spacial score (nSPS) is 10.2. The highest BCUT2D eigenvalue weighted by Crippen LogP contribution is 2.15. The number of ether oxygens (including phenoxy) is 2. The molecule has 0 fully saturated rings. The van der Waals surface area contributed by atoms with Gasteiger partial charge in [-0.25, -0.2) is 9.59 Å². The van der Waals surface area contributed by atoms with Gasteiger partial charge in [0.25, 0.3) is 0 Å². The summed E-state index contributed by atoms with van der Waals surface area (Å²) >= 11 is 0. The highest BCUT2D eigenvalue weighted by Gasteiger charge is 2.04. The van der Waals surface area contributed by atoms with Crippen LogP contribution in [0.5, 0.6) is 11.5 Å². The molecule has 0 heterocycles. The lowest BCUT2D eigenvalue weighted by atomic mass is 10.2. The molecule has 0 aliphatic carbocycles. The zero-order valence-corrected chi connectivity index (χ0v) is 13.7. The zero-order chi connectivity index (χ0) is 18.1. The van der Waals surface area contributed by atoms with Gasteiger partial charge in [-0.3, -0.25) is 0 Å². The second-order valence-corrected chi connectivity index (χ2v) is 5.42. The van der Waals surface area contributed by atoms with Crippen molar-refractivity contribution in [3.8, 4) is 11.5 Å². The Morgan fingerprint density at radius 3 is 1.56 bits per heavy atom. The van der Waals surface area contributed by atoms with E-state index in [-0.39, 0.29) is 11.1 Å². The average Bonchev–Trinajstić information content (AvgIpc) is 2.61. The summed E-state index contributed by atoms with van der Waals surface area (Å²) in [5, 5.41) is 17.8. The fourth-order valence-corrected chi connectivity index (χ4v) is 2.20. The fourth-order valence-electron chi connectivity index (χ4n) is 2.20. The lowest BCUT2D eigenvalue weighted by Gasteiger charge is -2.08. The molecule has 0 amide bonds. The first-order chi connectivity index (χ1) is 12.1. The van der Waals surface area contributed by atoms with Crippen LogP contribution in [0.1, 0.15) is 40.0 Å². The highest BCUT2D eigenvalue weighted by molar-refractivity contribution is 5.88. The minimum atomic E-state index is -0.977. The predicted molar refractivity (Wildman–Crippen MR) is 91.6 cm³/mol. The van der Waals surface area contributed by atoms with Crippen molar-refractivity contribution in [2.75, 3.05) is 13.2 Å². The van der Waals surface area contributed by atoms with Gasteiger partial charge >= 0.3 is 11.9 Å². The number of hydrogen-bond donors (Lipinski definition) is 2. The molecule has 25 heavy (non-hydrogen) atoms. The summed E-state index contributed by atoms with van der Waals surface area (Å²) in [4.78, 5) is 21.7. The van der Waals surface area contributed by atoms with E-state index in [1.165, 1.54) is 24.3 Å². The molecule has 0 aliphatic rings. The van der Waals surface area contributed by atoms with Gasteiger partial charge in [-0.1, -0.05) is 12.1 Å². The Morgan fingerprint density at radius 2 is 1.16 bits per heavy atom. The predicted octanol–water partition coefficient (Wildman–Crippen LogP) is 3.71. The van der Waals surface area contributed by atoms with Gasteiger partial charge in [-0.2, -0.15) is 0 Å². The third-order valence-corrected chi connectivity index (χ3v) is 3.49. The summed E-state index contributed by atoms with van der Waals surface area (Å²) in [5.74, 6) is -0.868. The number of carboxylic acids is 2. The Labute approximate surface area is 145 Å². The van der Waals surface area contributed by atoms with Crippen molar-refractivity contribution in [3.63, 3.8) is 0 Å². The van der Waals surface area contributed by atoms with Crippen LogP contribution < -0.4 is 9.47 Å². The van der Waals surface area contributed by atoms with Crippen molar-refractivity contribution in [3.05, 3.63) is 59.7 Å². The number of benzene rings is 2. The van der Waals surface area contributed by atoms with Crippen LogP contribution in [0.25, 0.3) is 0 Å². The molecule has 0 spiro atoms. The number of rotatable bonds is 10. The summed E-state index contributed by atoms with van der Waals surface area (Å²) in [7, 11) is 0. The zero-order valence-electron chi connectivity index (χ0n) is 13.7. The first-order valence-electron chi connectivity index (χ1n) is 7.98. The molecule has 2 aromatic rings. The van der Waals surface area contributed by atoms with Crippen LogP contribution in [0.4, 0.5) is 0 Å². The van der Waals surface area contributed by atoms with E-state index in [0.717, 1.165) is 19.3 Å². The van der Waals surface area contributed by atoms with Gasteiger partial charge in [0.2, 0.25) is 0 Å². The third-order valence-electron chi connectivity index (χ3n) is 3.49. The van der Waals surface area contributed by atoms with E-state index < -0.39 is 11.9 Å². The van der Waals surface area contributed by atoms with Crippen molar-refractivity contribution in [2.24, 2.45) is 0 Å². The van der Waals surface area contributed by atoms with E-state index in [4.69, 9.17) is 19.7 Å². The Hall–Kier alpha value is -3.02. The van der Waals surface area contributed by atoms with Gasteiger partial charge in [0.1, 0.15) is 11.5 Å². The van der Waals surface area contributed by atoms with E-state index >= 15 is 0 Å². The molecule has 0 aliphatic heterocycles. The van der Waals surface area contributed by atoms with Gasteiger partial charge in [0, 0.05) is 0 Å². The van der Waals surface area contributed by atoms with Gasteiger partial charge in [0.15, 0.2) is 0 Å². The topological polar surface area (TPSA) is 93.1 Å². The van der Waals surface area contributed by atoms with E-state index in [9.17, 15) is 9.59 Å². The molecule has 0 radical (unpaired) electrons. The summed E-state index contributed by atoms with van der Waals surface area (Å²) < 4.78 is 11.1. The molecule has 0 atom stereocenters. The molecule has 2 N–H and O–H groups in total. The maximum Gasteiger partial charge on any atom is 0.335 e. The Kier molecular flexibility index (Phi) is 6.83. The van der Waals surface area contributed by atoms with Crippen molar-refractivity contribution in [2.45, 2.75) is 19.3 Å². The molecular formula is C19H20O6. The van der Waals surface area contributed by atoms with Gasteiger partial charge < -0.3 is 19.7 Å². The largest absolute Gasteiger partial charge is 0.494 e. The molecule has 0 bridgehead atoms. The van der Waals surface area contributed by atoms with Gasteiger partial charge in [0.05, 0.1) is 24.3 Å². The lowest BCUT2D eigenvalue weighted by Crippen LogP contribution is -2.03. The van der Waals surface area contributed by atoms with Crippen molar-refractivity contribution in [1.82, 2.24) is 0 Å². The van der Waals surface area contributed by atoms with Crippen LogP contribution in [0.3, 0.4) is 0 Å². The van der Waals surface area contributed by atoms with Gasteiger partial charge in [-0.05, 0) is 55.7 Å². The average molecular weight is 344 g/mol. The number of unbranched alkanes of at least 4 members (excludes halogenated alkanes) is 2. The van der Waals surface area contributed by atoms with Crippen molar-refractivity contribution >= 4 is 11.9 Å². The van der Waals surface area contributed by atoms with Crippen LogP contribution in [0.15, 0.2) is 48.5 Å². The smallest absolute Gasteiger partial charge is 0.335 e. The minimum absolute atomic E-state index is 0.203. The van der Waals surface area contributed by atoms with E-state index in [0.29, 0.717) is 24.7 Å². The summed E-state index contributed by atoms with van der Waals surface area (Å²) in [5.41, 5.74) is 0.406. The minimum Gasteiger partial charge on any atom is -0.494 e. The first kappa shape index (κ1) is 18.3. The van der Waals surface area contributed by atoms with E-state index in [1.807, 2.05) is 0 Å². The monoisotopic (exact) mass is 344 g/mol. The Balaban J connectivity index is 1.62. The van der Waals surface area contributed by atoms with Gasteiger partial charge in [-0.15, -0.1) is 0 Å². The maximum atomic E-state index is 10.9. The summed E-state index contributed by atoms with van der Waals surface area (Å²) in [6, 6.07) is 12.8. The molecule has 0 unspecified atom stereocenters. The van der Waals surface area contributed by atoms with Crippen LogP contribution in [0.2, 0.25) is 0 Å². The number of carboxylic acid groups (broad SMARTS) is 2. The summed E-state index contributed by atoms with van der Waals surface area (Å²) in [6.45, 7) is 0.995. The molecule has 0 saturated carbocycles. The number of hydrogen-bond acceptors (Lipinski definition) is 4. The van der Waals surface area contributed by atoms with Crippen molar-refractivity contribution in [1.29, 1.82) is 0 Å². The van der Waals surface area contributed by atoms with Crippen molar-refractivity contribution < 1.29 is 29.3 Å². The molecular weight excluding hydrogens is 324 g/mol. The Morgan fingerprint density at radius 1 is 0.720 bits per heavy atom. The SMILES string of the molecule is O=C(O)c1cccc(OCCCCCOc2cccc(C(=O)O)c2)c1. The second-order valence-electron chi connectivity index (χ2n) is 5.42. The number of aromatic carboxylic acids is 2. The first-order valence-corrected chi connectivity index (χ1v) is 7.98. The molecule has 0 aromatic heterocycles. The quantitative estimate of drug-likeness (QED) is 0.638. The van der Waals surface area contributed by atoms with E-state index in [2.05, 4.69) is 0 Å². The molecule has 6 heteroatoms. The maximum absolute atomic E-state index is 10.9. The molecule has 6 nitrogen and oxygen atoms in total. The van der Waals surface area contributed by atoms with E-state index in [1.54, 1.807) is 24.3 Å². The molecule has 2 aromatic carbocycles. The Bertz CT molecular complexity index is 664. The highest BCUT2D eigenvalue weighted by atomic mass is 16.5. The molecule has 2 rings (SSSR count). The fraction of sp³-hybridized carbons (Fsp3) is 0.263. The number of carbonyl (C=O) groups is 2. The third kappa shape index (κ3) is 6.18. The molecule has 0 saturated heterocycles. The lowest BCUT2D eigenvalue weighted by molar-refractivity contribution is 0.0685. The standard InChI is InChI=1S/C19H20O6/c20-18(21)14-6-4-8-16(12-14)24-10-2-1-3-11-25-17-9-5-7-15(13-17)19(22)23/h4-9,12-13H,1-3,10-11H2,(H,20,21)(H,22,23). The van der Waals surface area contributed by atoms with Crippen LogP contribution in [-0.2, 0) is 0 Å². The van der Waals surface area contributed by atoms with Crippen LogP contribution in [0, 0.1) is 0 Å².